The van der Waals surface area contributed by atoms with Gasteiger partial charge in [-0.25, -0.2) is 4.98 Å². The number of thiazole rings is 1. The fourth-order valence-corrected chi connectivity index (χ4v) is 5.68. The van der Waals surface area contributed by atoms with Gasteiger partial charge in [-0.05, 0) is 73.0 Å². The van der Waals surface area contributed by atoms with Gasteiger partial charge in [0.1, 0.15) is 11.5 Å². The number of benzene rings is 3. The van der Waals surface area contributed by atoms with Crippen molar-refractivity contribution in [3.63, 3.8) is 0 Å². The summed E-state index contributed by atoms with van der Waals surface area (Å²) >= 11 is 7.34. The number of hydrogen-bond acceptors (Lipinski definition) is 6. The van der Waals surface area contributed by atoms with E-state index in [0.29, 0.717) is 27.0 Å². The fraction of sp³-hybridized carbons (Fsp3) is 0.148. The molecular formula is C27H21ClN2O4S. The summed E-state index contributed by atoms with van der Waals surface area (Å²) in [4.78, 5) is 32.9. The number of halogens is 1. The summed E-state index contributed by atoms with van der Waals surface area (Å²) in [5.41, 5.74) is 3.83. The number of carbonyl (C=O) groups is 2. The number of hydrogen-bond donors (Lipinski definition) is 1. The molecule has 176 valence electrons. The molecule has 0 bridgehead atoms. The lowest BCUT2D eigenvalue weighted by molar-refractivity contribution is -0.132. The molecule has 1 amide bonds. The standard InChI is InChI=1S/C27H21ClN2O4S/c1-14-11-15(2)22-20(12-14)35-27(29-22)30-23(17-5-4-6-19(13-17)34-3)21(25(32)26(30)33)24(31)16-7-9-18(28)10-8-16/h4-13,23,31H,1-3H3/b24-21+. The molecule has 1 saturated heterocycles. The van der Waals surface area contributed by atoms with Crippen LogP contribution in [-0.2, 0) is 9.59 Å². The lowest BCUT2D eigenvalue weighted by Gasteiger charge is -2.23. The van der Waals surface area contributed by atoms with E-state index in [1.165, 1.54) is 16.2 Å². The normalized spacial score (nSPS) is 17.4. The second-order valence-corrected chi connectivity index (χ2v) is 9.82. The first-order chi connectivity index (χ1) is 16.8. The van der Waals surface area contributed by atoms with Crippen molar-refractivity contribution in [2.75, 3.05) is 12.0 Å². The van der Waals surface area contributed by atoms with E-state index >= 15 is 0 Å². The van der Waals surface area contributed by atoms with E-state index < -0.39 is 17.7 Å². The van der Waals surface area contributed by atoms with E-state index in [1.807, 2.05) is 26.0 Å². The molecular weight excluding hydrogens is 484 g/mol. The largest absolute Gasteiger partial charge is 0.507 e. The molecule has 4 aromatic rings. The van der Waals surface area contributed by atoms with Crippen LogP contribution in [-0.4, -0.2) is 28.9 Å². The molecule has 0 radical (unpaired) electrons. The Labute approximate surface area is 211 Å². The van der Waals surface area contributed by atoms with Crippen LogP contribution in [0.4, 0.5) is 5.13 Å². The highest BCUT2D eigenvalue weighted by molar-refractivity contribution is 7.22. The molecule has 0 saturated carbocycles. The fourth-order valence-electron chi connectivity index (χ4n) is 4.38. The maximum Gasteiger partial charge on any atom is 0.301 e. The van der Waals surface area contributed by atoms with Crippen molar-refractivity contribution in [3.05, 3.63) is 93.5 Å². The van der Waals surface area contributed by atoms with Crippen molar-refractivity contribution in [3.8, 4) is 5.75 Å². The smallest absolute Gasteiger partial charge is 0.301 e. The number of amides is 1. The Hall–Kier alpha value is -3.68. The minimum absolute atomic E-state index is 0.0160. The second kappa shape index (κ2) is 8.83. The van der Waals surface area contributed by atoms with Gasteiger partial charge in [0, 0.05) is 10.6 Å². The third-order valence-electron chi connectivity index (χ3n) is 6.00. The number of rotatable bonds is 4. The molecule has 35 heavy (non-hydrogen) atoms. The average Bonchev–Trinajstić information content (AvgIpc) is 3.38. The van der Waals surface area contributed by atoms with Gasteiger partial charge >= 0.3 is 5.91 Å². The van der Waals surface area contributed by atoms with Gasteiger partial charge in [-0.15, -0.1) is 0 Å². The number of aryl methyl sites for hydroxylation is 2. The molecule has 1 aliphatic heterocycles. The third kappa shape index (κ3) is 3.96. The molecule has 1 aromatic heterocycles. The zero-order valence-corrected chi connectivity index (χ0v) is 20.8. The number of nitrogens with zero attached hydrogens (tertiary/aromatic N) is 2. The molecule has 0 spiro atoms. The zero-order chi connectivity index (χ0) is 24.9. The Balaban J connectivity index is 1.75. The van der Waals surface area contributed by atoms with Gasteiger partial charge in [0.05, 0.1) is 28.9 Å². The first kappa shape index (κ1) is 23.1. The van der Waals surface area contributed by atoms with Crippen molar-refractivity contribution in [2.24, 2.45) is 0 Å². The van der Waals surface area contributed by atoms with Crippen LogP contribution in [0.15, 0.2) is 66.2 Å². The van der Waals surface area contributed by atoms with Crippen LogP contribution in [0.5, 0.6) is 5.75 Å². The topological polar surface area (TPSA) is 79.7 Å². The molecule has 1 aliphatic rings. The van der Waals surface area contributed by atoms with E-state index in [4.69, 9.17) is 21.3 Å². The third-order valence-corrected chi connectivity index (χ3v) is 7.25. The molecule has 1 atom stereocenters. The summed E-state index contributed by atoms with van der Waals surface area (Å²) < 4.78 is 6.30. The Kier molecular flexibility index (Phi) is 5.83. The quantitative estimate of drug-likeness (QED) is 0.203. The number of methoxy groups -OCH3 is 1. The van der Waals surface area contributed by atoms with E-state index in [-0.39, 0.29) is 11.3 Å². The lowest BCUT2D eigenvalue weighted by Crippen LogP contribution is -2.29. The first-order valence-corrected chi connectivity index (χ1v) is 12.1. The van der Waals surface area contributed by atoms with Crippen molar-refractivity contribution in [1.82, 2.24) is 4.98 Å². The highest BCUT2D eigenvalue weighted by Gasteiger charge is 2.48. The summed E-state index contributed by atoms with van der Waals surface area (Å²) in [7, 11) is 1.54. The summed E-state index contributed by atoms with van der Waals surface area (Å²) in [5.74, 6) is -1.24. The number of aliphatic hydroxyl groups is 1. The van der Waals surface area contributed by atoms with Gasteiger partial charge in [0.15, 0.2) is 5.13 Å². The molecule has 2 heterocycles. The van der Waals surface area contributed by atoms with Gasteiger partial charge in [-0.3, -0.25) is 14.5 Å². The molecule has 1 N–H and O–H groups in total. The van der Waals surface area contributed by atoms with Crippen LogP contribution >= 0.6 is 22.9 Å². The molecule has 1 unspecified atom stereocenters. The Morgan fingerprint density at radius 1 is 1.09 bits per heavy atom. The van der Waals surface area contributed by atoms with Crippen molar-refractivity contribution < 1.29 is 19.4 Å². The van der Waals surface area contributed by atoms with Crippen LogP contribution in [0.1, 0.15) is 28.3 Å². The number of ether oxygens (including phenoxy) is 1. The SMILES string of the molecule is COc1cccc(C2/C(=C(\O)c3ccc(Cl)cc3)C(=O)C(=O)N2c2nc3c(C)cc(C)cc3s2)c1. The van der Waals surface area contributed by atoms with Crippen molar-refractivity contribution in [2.45, 2.75) is 19.9 Å². The monoisotopic (exact) mass is 504 g/mol. The minimum Gasteiger partial charge on any atom is -0.507 e. The molecule has 1 fully saturated rings. The minimum atomic E-state index is -0.886. The van der Waals surface area contributed by atoms with Gasteiger partial charge in [-0.2, -0.15) is 0 Å². The highest BCUT2D eigenvalue weighted by Crippen LogP contribution is 2.45. The van der Waals surface area contributed by atoms with Crippen LogP contribution in [0.2, 0.25) is 5.02 Å². The van der Waals surface area contributed by atoms with Crippen molar-refractivity contribution in [1.29, 1.82) is 0 Å². The maximum absolute atomic E-state index is 13.4. The Bertz CT molecular complexity index is 1520. The second-order valence-electron chi connectivity index (χ2n) is 8.38. The van der Waals surface area contributed by atoms with E-state index in [2.05, 4.69) is 0 Å². The van der Waals surface area contributed by atoms with E-state index in [9.17, 15) is 14.7 Å². The van der Waals surface area contributed by atoms with Crippen molar-refractivity contribution >= 4 is 55.7 Å². The van der Waals surface area contributed by atoms with Crippen LogP contribution < -0.4 is 9.64 Å². The molecule has 3 aromatic carbocycles. The predicted octanol–water partition coefficient (Wildman–Crippen LogP) is 6.20. The molecule has 8 heteroatoms. The number of aliphatic hydroxyl groups excluding tert-OH is 1. The summed E-state index contributed by atoms with van der Waals surface area (Å²) in [6.07, 6.45) is 0. The number of carbonyl (C=O) groups excluding carboxylic acids is 2. The number of aromatic nitrogens is 1. The van der Waals surface area contributed by atoms with Gasteiger partial charge in [0.2, 0.25) is 0 Å². The highest BCUT2D eigenvalue weighted by atomic mass is 35.5. The maximum atomic E-state index is 13.4. The molecule has 5 rings (SSSR count). The van der Waals surface area contributed by atoms with Crippen LogP contribution in [0.25, 0.3) is 16.0 Å². The van der Waals surface area contributed by atoms with Gasteiger partial charge in [0.25, 0.3) is 5.78 Å². The van der Waals surface area contributed by atoms with E-state index in [0.717, 1.165) is 21.3 Å². The molecule has 0 aliphatic carbocycles. The average molecular weight is 505 g/mol. The Morgan fingerprint density at radius 2 is 1.83 bits per heavy atom. The number of ketones is 1. The summed E-state index contributed by atoms with van der Waals surface area (Å²) in [5, 5.41) is 12.1. The number of fused-ring (bicyclic) bond motifs is 1. The first-order valence-electron chi connectivity index (χ1n) is 10.9. The van der Waals surface area contributed by atoms with Crippen LogP contribution in [0.3, 0.4) is 0 Å². The summed E-state index contributed by atoms with van der Waals surface area (Å²) in [6, 6.07) is 16.7. The lowest BCUT2D eigenvalue weighted by atomic mass is 9.95. The summed E-state index contributed by atoms with van der Waals surface area (Å²) in [6.45, 7) is 3.97. The Morgan fingerprint density at radius 3 is 2.54 bits per heavy atom. The van der Waals surface area contributed by atoms with Gasteiger partial charge < -0.3 is 9.84 Å². The number of anilines is 1. The zero-order valence-electron chi connectivity index (χ0n) is 19.2. The predicted molar refractivity (Wildman–Crippen MR) is 138 cm³/mol. The van der Waals surface area contributed by atoms with Gasteiger partial charge in [-0.1, -0.05) is 41.1 Å². The number of Topliss-reactive ketones (excluding diaryl/α,β-unsaturated/α-hetero) is 1. The van der Waals surface area contributed by atoms with E-state index in [1.54, 1.807) is 55.6 Å². The van der Waals surface area contributed by atoms with Crippen LogP contribution in [0, 0.1) is 13.8 Å². The molecule has 6 nitrogen and oxygen atoms in total.